The van der Waals surface area contributed by atoms with Crippen LogP contribution in [-0.2, 0) is 9.84 Å². The van der Waals surface area contributed by atoms with Crippen LogP contribution in [0.5, 0.6) is 0 Å². The Labute approximate surface area is 112 Å². The SMILES string of the molecule is CS(=O)(=O)CCSc1ccc(C(=O)O)cc1Br. The van der Waals surface area contributed by atoms with Gasteiger partial charge in [-0.3, -0.25) is 0 Å². The molecule has 0 heterocycles. The van der Waals surface area contributed by atoms with E-state index in [4.69, 9.17) is 5.11 Å². The zero-order valence-electron chi connectivity index (χ0n) is 9.01. The van der Waals surface area contributed by atoms with Crippen molar-refractivity contribution in [2.45, 2.75) is 4.90 Å². The predicted molar refractivity (Wildman–Crippen MR) is 71.5 cm³/mol. The molecule has 0 aromatic heterocycles. The van der Waals surface area contributed by atoms with E-state index in [9.17, 15) is 13.2 Å². The van der Waals surface area contributed by atoms with Gasteiger partial charge in [-0.25, -0.2) is 13.2 Å². The van der Waals surface area contributed by atoms with E-state index in [0.29, 0.717) is 10.2 Å². The van der Waals surface area contributed by atoms with Gasteiger partial charge in [0.2, 0.25) is 0 Å². The van der Waals surface area contributed by atoms with Crippen LogP contribution < -0.4 is 0 Å². The van der Waals surface area contributed by atoms with Crippen molar-refractivity contribution < 1.29 is 18.3 Å². The maximum atomic E-state index is 10.9. The van der Waals surface area contributed by atoms with Gasteiger partial charge in [-0.15, -0.1) is 11.8 Å². The molecule has 0 amide bonds. The quantitative estimate of drug-likeness (QED) is 0.834. The van der Waals surface area contributed by atoms with Crippen LogP contribution in [0.2, 0.25) is 0 Å². The van der Waals surface area contributed by atoms with Gasteiger partial charge in [-0.05, 0) is 34.1 Å². The molecule has 1 aromatic rings. The second-order valence-corrected chi connectivity index (χ2v) is 7.68. The minimum absolute atomic E-state index is 0.102. The van der Waals surface area contributed by atoms with E-state index in [1.807, 2.05) is 0 Å². The molecular formula is C10H11BrO4S2. The van der Waals surface area contributed by atoms with Gasteiger partial charge >= 0.3 is 5.97 Å². The molecule has 0 spiro atoms. The van der Waals surface area contributed by atoms with E-state index in [1.54, 1.807) is 6.07 Å². The molecule has 0 bridgehead atoms. The number of hydrogen-bond donors (Lipinski definition) is 1. The minimum atomic E-state index is -2.96. The average Bonchev–Trinajstić information content (AvgIpc) is 2.18. The molecule has 7 heteroatoms. The van der Waals surface area contributed by atoms with Crippen LogP contribution in [0.25, 0.3) is 0 Å². The largest absolute Gasteiger partial charge is 0.478 e. The molecule has 0 saturated carbocycles. The molecule has 0 aliphatic carbocycles. The Morgan fingerprint density at radius 1 is 1.47 bits per heavy atom. The summed E-state index contributed by atoms with van der Waals surface area (Å²) in [5.41, 5.74) is 0.198. The number of aromatic carboxylic acids is 1. The number of carbonyl (C=O) groups is 1. The molecular weight excluding hydrogens is 328 g/mol. The molecule has 4 nitrogen and oxygen atoms in total. The summed E-state index contributed by atoms with van der Waals surface area (Å²) in [7, 11) is -2.96. The molecule has 0 unspecified atom stereocenters. The lowest BCUT2D eigenvalue weighted by Crippen LogP contribution is -2.05. The Balaban J connectivity index is 2.70. The highest BCUT2D eigenvalue weighted by molar-refractivity contribution is 9.10. The molecule has 1 aromatic carbocycles. The standard InChI is InChI=1S/C10H11BrO4S2/c1-17(14,15)5-4-16-9-3-2-7(10(12)13)6-8(9)11/h2-3,6H,4-5H2,1H3,(H,12,13). The number of benzene rings is 1. The number of sulfone groups is 1. The Morgan fingerprint density at radius 2 is 2.12 bits per heavy atom. The third kappa shape index (κ3) is 5.10. The predicted octanol–water partition coefficient (Wildman–Crippen LogP) is 2.28. The van der Waals surface area contributed by atoms with Gasteiger partial charge in [0.1, 0.15) is 9.84 Å². The molecule has 0 fully saturated rings. The van der Waals surface area contributed by atoms with E-state index in [2.05, 4.69) is 15.9 Å². The Hall–Kier alpha value is -0.530. The highest BCUT2D eigenvalue weighted by Crippen LogP contribution is 2.28. The van der Waals surface area contributed by atoms with Crippen LogP contribution in [0.1, 0.15) is 10.4 Å². The van der Waals surface area contributed by atoms with Crippen molar-refractivity contribution in [2.24, 2.45) is 0 Å². The first-order valence-corrected chi connectivity index (χ1v) is 8.47. The summed E-state index contributed by atoms with van der Waals surface area (Å²) in [5.74, 6) is -0.437. The summed E-state index contributed by atoms with van der Waals surface area (Å²) < 4.78 is 22.6. The van der Waals surface area contributed by atoms with Gasteiger partial charge in [-0.1, -0.05) is 0 Å². The lowest BCUT2D eigenvalue weighted by molar-refractivity contribution is 0.0696. The highest BCUT2D eigenvalue weighted by atomic mass is 79.9. The fourth-order valence-corrected chi connectivity index (χ4v) is 3.90. The number of carboxylic acids is 1. The number of thioether (sulfide) groups is 1. The van der Waals surface area contributed by atoms with Crippen LogP contribution in [0.3, 0.4) is 0 Å². The lowest BCUT2D eigenvalue weighted by atomic mass is 10.2. The summed E-state index contributed by atoms with van der Waals surface area (Å²) in [6.07, 6.45) is 1.19. The molecule has 1 rings (SSSR count). The van der Waals surface area contributed by atoms with Gasteiger partial charge in [0.25, 0.3) is 0 Å². The van der Waals surface area contributed by atoms with Gasteiger partial charge in [0, 0.05) is 21.4 Å². The van der Waals surface area contributed by atoms with Gasteiger partial charge in [0.05, 0.1) is 11.3 Å². The molecule has 0 radical (unpaired) electrons. The molecule has 0 aliphatic heterocycles. The number of carboxylic acid groups (broad SMARTS) is 1. The van der Waals surface area contributed by atoms with Crippen molar-refractivity contribution in [3.05, 3.63) is 28.2 Å². The third-order valence-electron chi connectivity index (χ3n) is 1.89. The molecule has 0 saturated heterocycles. The smallest absolute Gasteiger partial charge is 0.335 e. The first-order chi connectivity index (χ1) is 7.79. The first-order valence-electron chi connectivity index (χ1n) is 4.63. The normalized spacial score (nSPS) is 11.4. The Morgan fingerprint density at radius 3 is 2.59 bits per heavy atom. The van der Waals surface area contributed by atoms with Crippen molar-refractivity contribution in [3.8, 4) is 0 Å². The van der Waals surface area contributed by atoms with Gasteiger partial charge < -0.3 is 5.11 Å². The number of halogens is 1. The number of rotatable bonds is 5. The second-order valence-electron chi connectivity index (χ2n) is 3.43. The summed E-state index contributed by atoms with van der Waals surface area (Å²) in [6.45, 7) is 0. The average molecular weight is 339 g/mol. The topological polar surface area (TPSA) is 71.4 Å². The van der Waals surface area contributed by atoms with Crippen LogP contribution in [-0.4, -0.2) is 37.3 Å². The van der Waals surface area contributed by atoms with Crippen molar-refractivity contribution in [2.75, 3.05) is 17.8 Å². The van der Waals surface area contributed by atoms with E-state index < -0.39 is 15.8 Å². The highest BCUT2D eigenvalue weighted by Gasteiger charge is 2.08. The lowest BCUT2D eigenvalue weighted by Gasteiger charge is -2.04. The maximum Gasteiger partial charge on any atom is 0.335 e. The van der Waals surface area contributed by atoms with Crippen LogP contribution >= 0.6 is 27.7 Å². The van der Waals surface area contributed by atoms with E-state index in [-0.39, 0.29) is 11.3 Å². The zero-order chi connectivity index (χ0) is 13.1. The minimum Gasteiger partial charge on any atom is -0.478 e. The van der Waals surface area contributed by atoms with Crippen molar-refractivity contribution >= 4 is 43.5 Å². The maximum absolute atomic E-state index is 10.9. The summed E-state index contributed by atoms with van der Waals surface area (Å²) in [6, 6.07) is 4.67. The molecule has 0 aliphatic rings. The fraction of sp³-hybridized carbons (Fsp3) is 0.300. The van der Waals surface area contributed by atoms with Crippen LogP contribution in [0.15, 0.2) is 27.6 Å². The molecule has 17 heavy (non-hydrogen) atoms. The van der Waals surface area contributed by atoms with Crippen LogP contribution in [0, 0.1) is 0 Å². The summed E-state index contributed by atoms with van der Waals surface area (Å²) in [5, 5.41) is 8.78. The van der Waals surface area contributed by atoms with E-state index >= 15 is 0 Å². The van der Waals surface area contributed by atoms with Gasteiger partial charge in [-0.2, -0.15) is 0 Å². The number of hydrogen-bond acceptors (Lipinski definition) is 4. The fourth-order valence-electron chi connectivity index (χ4n) is 1.05. The Kier molecular flexibility index (Phi) is 5.03. The van der Waals surface area contributed by atoms with Crippen molar-refractivity contribution in [3.63, 3.8) is 0 Å². The summed E-state index contributed by atoms with van der Waals surface area (Å²) in [4.78, 5) is 11.5. The van der Waals surface area contributed by atoms with E-state index in [1.165, 1.54) is 30.2 Å². The molecule has 94 valence electrons. The molecule has 1 N–H and O–H groups in total. The van der Waals surface area contributed by atoms with E-state index in [0.717, 1.165) is 4.90 Å². The Bertz CT molecular complexity index is 525. The van der Waals surface area contributed by atoms with Gasteiger partial charge in [0.15, 0.2) is 0 Å². The van der Waals surface area contributed by atoms with Crippen LogP contribution in [0.4, 0.5) is 0 Å². The zero-order valence-corrected chi connectivity index (χ0v) is 12.2. The van der Waals surface area contributed by atoms with Crippen molar-refractivity contribution in [1.29, 1.82) is 0 Å². The van der Waals surface area contributed by atoms with Crippen molar-refractivity contribution in [1.82, 2.24) is 0 Å². The second kappa shape index (κ2) is 5.88. The summed E-state index contributed by atoms with van der Waals surface area (Å²) >= 11 is 4.64. The third-order valence-corrected chi connectivity index (χ3v) is 5.09. The monoisotopic (exact) mass is 338 g/mol. The first kappa shape index (κ1) is 14.5. The molecule has 0 atom stereocenters.